The van der Waals surface area contributed by atoms with Gasteiger partial charge in [0.15, 0.2) is 0 Å². The Hall–Kier alpha value is -3.20. The Kier molecular flexibility index (Phi) is 6.13. The average molecular weight is 433 g/mol. The van der Waals surface area contributed by atoms with Gasteiger partial charge in [0, 0.05) is 25.0 Å². The van der Waals surface area contributed by atoms with Crippen LogP contribution in [0.2, 0.25) is 0 Å². The number of benzene rings is 4. The third-order valence-corrected chi connectivity index (χ3v) is 7.55. The number of piperidine rings is 1. The number of nitrogens with zero attached hydrogens (tertiary/aromatic N) is 1. The second-order valence-electron chi connectivity index (χ2n) is 9.15. The maximum absolute atomic E-state index is 6.44. The van der Waals surface area contributed by atoms with Crippen molar-refractivity contribution in [1.29, 1.82) is 0 Å². The Balaban J connectivity index is 1.63. The Morgan fingerprint density at radius 1 is 0.576 bits per heavy atom. The summed E-state index contributed by atoms with van der Waals surface area (Å²) in [4.78, 5) is 2.68. The summed E-state index contributed by atoms with van der Waals surface area (Å²) in [6.07, 6.45) is 2.09. The fraction of sp³-hybridized carbons (Fsp3) is 0.226. The molecule has 1 fully saturated rings. The minimum atomic E-state index is -0.346. The van der Waals surface area contributed by atoms with E-state index >= 15 is 0 Å². The van der Waals surface area contributed by atoms with Crippen LogP contribution in [-0.2, 0) is 11.0 Å². The zero-order valence-electron chi connectivity index (χ0n) is 19.1. The molecule has 33 heavy (non-hydrogen) atoms. The van der Waals surface area contributed by atoms with Crippen LogP contribution in [0.4, 0.5) is 0 Å². The molecule has 1 heterocycles. The summed E-state index contributed by atoms with van der Waals surface area (Å²) in [5.41, 5.74) is 11.4. The lowest BCUT2D eigenvalue weighted by Crippen LogP contribution is -2.55. The Labute approximate surface area is 197 Å². The van der Waals surface area contributed by atoms with Crippen molar-refractivity contribution in [3.8, 4) is 0 Å². The molecule has 0 atom stereocenters. The van der Waals surface area contributed by atoms with E-state index in [4.69, 9.17) is 5.73 Å². The maximum Gasteiger partial charge on any atom is 0.0972 e. The van der Waals surface area contributed by atoms with Gasteiger partial charge in [-0.25, -0.2) is 0 Å². The van der Waals surface area contributed by atoms with Gasteiger partial charge in [-0.05, 0) is 35.1 Å². The number of likely N-dealkylation sites (tertiary alicyclic amines) is 1. The molecular formula is C31H32N2. The smallest absolute Gasteiger partial charge is 0.0972 e. The summed E-state index contributed by atoms with van der Waals surface area (Å²) < 4.78 is 0. The quantitative estimate of drug-likeness (QED) is 0.380. The molecule has 0 bridgehead atoms. The van der Waals surface area contributed by atoms with Gasteiger partial charge in [0.1, 0.15) is 0 Å². The molecule has 4 aromatic rings. The molecule has 0 spiro atoms. The summed E-state index contributed by atoms with van der Waals surface area (Å²) in [6, 6.07) is 43.8. The first-order valence-corrected chi connectivity index (χ1v) is 12.0. The Morgan fingerprint density at radius 2 is 0.939 bits per heavy atom. The van der Waals surface area contributed by atoms with Crippen LogP contribution in [0, 0.1) is 0 Å². The van der Waals surface area contributed by atoms with Crippen LogP contribution in [0.25, 0.3) is 0 Å². The van der Waals surface area contributed by atoms with Crippen molar-refractivity contribution in [1.82, 2.24) is 4.90 Å². The first-order chi connectivity index (χ1) is 16.3. The largest absolute Gasteiger partial charge is 0.330 e. The second kappa shape index (κ2) is 9.35. The molecule has 0 amide bonds. The highest BCUT2D eigenvalue weighted by Crippen LogP contribution is 2.46. The van der Waals surface area contributed by atoms with Crippen molar-refractivity contribution in [2.75, 3.05) is 19.6 Å². The maximum atomic E-state index is 6.44. The van der Waals surface area contributed by atoms with Gasteiger partial charge >= 0.3 is 0 Å². The lowest BCUT2D eigenvalue weighted by Gasteiger charge is -2.51. The molecule has 5 rings (SSSR count). The minimum Gasteiger partial charge on any atom is -0.330 e. The molecular weight excluding hydrogens is 400 g/mol. The molecule has 2 nitrogen and oxygen atoms in total. The van der Waals surface area contributed by atoms with Gasteiger partial charge in [-0.2, -0.15) is 0 Å². The van der Waals surface area contributed by atoms with E-state index in [1.165, 1.54) is 22.3 Å². The number of rotatable bonds is 6. The standard InChI is InChI=1S/C31H32N2/c32-25-30(26-13-5-1-6-14-26)21-23-33(24-22-30)31(27-15-7-2-8-16-27,28-17-9-3-10-18-28)29-19-11-4-12-20-29/h1-20H,21-25,32H2. The van der Waals surface area contributed by atoms with Crippen LogP contribution >= 0.6 is 0 Å². The molecule has 166 valence electrons. The van der Waals surface area contributed by atoms with Gasteiger partial charge < -0.3 is 5.73 Å². The highest BCUT2D eigenvalue weighted by Gasteiger charge is 2.46. The number of nitrogens with two attached hydrogens (primary N) is 1. The predicted octanol–water partition coefficient (Wildman–Crippen LogP) is 5.97. The van der Waals surface area contributed by atoms with E-state index in [0.717, 1.165) is 25.9 Å². The topological polar surface area (TPSA) is 29.3 Å². The monoisotopic (exact) mass is 432 g/mol. The van der Waals surface area contributed by atoms with Crippen LogP contribution in [0.5, 0.6) is 0 Å². The van der Waals surface area contributed by atoms with E-state index in [-0.39, 0.29) is 11.0 Å². The van der Waals surface area contributed by atoms with Crippen LogP contribution in [-0.4, -0.2) is 24.5 Å². The lowest BCUT2D eigenvalue weighted by atomic mass is 9.69. The van der Waals surface area contributed by atoms with E-state index in [1.54, 1.807) is 0 Å². The van der Waals surface area contributed by atoms with Gasteiger partial charge in [-0.3, -0.25) is 4.90 Å². The lowest BCUT2D eigenvalue weighted by molar-refractivity contribution is 0.0891. The van der Waals surface area contributed by atoms with E-state index in [2.05, 4.69) is 126 Å². The van der Waals surface area contributed by atoms with E-state index in [1.807, 2.05) is 0 Å². The summed E-state index contributed by atoms with van der Waals surface area (Å²) in [5, 5.41) is 0. The number of hydrogen-bond donors (Lipinski definition) is 1. The zero-order chi connectivity index (χ0) is 22.6. The van der Waals surface area contributed by atoms with Crippen molar-refractivity contribution >= 4 is 0 Å². The summed E-state index contributed by atoms with van der Waals surface area (Å²) in [6.45, 7) is 2.63. The van der Waals surface area contributed by atoms with E-state index in [9.17, 15) is 0 Å². The SMILES string of the molecule is NCC1(c2ccccc2)CCN(C(c2ccccc2)(c2ccccc2)c2ccccc2)CC1. The molecule has 0 unspecified atom stereocenters. The molecule has 0 aromatic heterocycles. The molecule has 0 saturated carbocycles. The normalized spacial score (nSPS) is 16.4. The van der Waals surface area contributed by atoms with Crippen LogP contribution < -0.4 is 5.73 Å². The third kappa shape index (κ3) is 3.80. The molecule has 1 aliphatic rings. The summed E-state index contributed by atoms with van der Waals surface area (Å²) >= 11 is 0. The van der Waals surface area contributed by atoms with Gasteiger partial charge in [0.05, 0.1) is 5.54 Å². The van der Waals surface area contributed by atoms with Crippen molar-refractivity contribution in [3.63, 3.8) is 0 Å². The predicted molar refractivity (Wildman–Crippen MR) is 137 cm³/mol. The summed E-state index contributed by atoms with van der Waals surface area (Å²) in [5.74, 6) is 0. The van der Waals surface area contributed by atoms with E-state index < -0.39 is 0 Å². The van der Waals surface area contributed by atoms with Crippen LogP contribution in [0.3, 0.4) is 0 Å². The first-order valence-electron chi connectivity index (χ1n) is 12.0. The second-order valence-corrected chi connectivity index (χ2v) is 9.15. The molecule has 1 saturated heterocycles. The Morgan fingerprint density at radius 3 is 1.30 bits per heavy atom. The van der Waals surface area contributed by atoms with E-state index in [0.29, 0.717) is 6.54 Å². The van der Waals surface area contributed by atoms with Gasteiger partial charge in [-0.1, -0.05) is 121 Å². The highest BCUT2D eigenvalue weighted by molar-refractivity contribution is 5.50. The van der Waals surface area contributed by atoms with Crippen molar-refractivity contribution in [2.45, 2.75) is 23.8 Å². The van der Waals surface area contributed by atoms with Crippen molar-refractivity contribution < 1.29 is 0 Å². The fourth-order valence-corrected chi connectivity index (χ4v) is 5.76. The van der Waals surface area contributed by atoms with Gasteiger partial charge in [0.2, 0.25) is 0 Å². The number of hydrogen-bond acceptors (Lipinski definition) is 2. The minimum absolute atomic E-state index is 0.0353. The highest BCUT2D eigenvalue weighted by atomic mass is 15.2. The summed E-state index contributed by atoms with van der Waals surface area (Å²) in [7, 11) is 0. The van der Waals surface area contributed by atoms with Crippen molar-refractivity contribution in [3.05, 3.63) is 144 Å². The van der Waals surface area contributed by atoms with Crippen molar-refractivity contribution in [2.24, 2.45) is 5.73 Å². The molecule has 2 N–H and O–H groups in total. The third-order valence-electron chi connectivity index (χ3n) is 7.55. The molecule has 4 aromatic carbocycles. The van der Waals surface area contributed by atoms with Crippen LogP contribution in [0.15, 0.2) is 121 Å². The molecule has 1 aliphatic heterocycles. The first kappa shape index (κ1) is 21.6. The van der Waals surface area contributed by atoms with Gasteiger partial charge in [-0.15, -0.1) is 0 Å². The molecule has 0 aliphatic carbocycles. The molecule has 0 radical (unpaired) electrons. The van der Waals surface area contributed by atoms with Gasteiger partial charge in [0.25, 0.3) is 0 Å². The Bertz CT molecular complexity index is 1040. The average Bonchev–Trinajstić information content (AvgIpc) is 2.92. The molecule has 2 heteroatoms. The fourth-order valence-electron chi connectivity index (χ4n) is 5.76. The zero-order valence-corrected chi connectivity index (χ0v) is 19.1. The van der Waals surface area contributed by atoms with Crippen LogP contribution in [0.1, 0.15) is 35.1 Å².